The Hall–Kier alpha value is -3.72. The van der Waals surface area contributed by atoms with E-state index in [0.29, 0.717) is 53.0 Å². The number of benzene rings is 2. The van der Waals surface area contributed by atoms with E-state index >= 15 is 0 Å². The van der Waals surface area contributed by atoms with Crippen molar-refractivity contribution in [2.75, 3.05) is 31.0 Å². The SMILES string of the molecule is COc1cc(C(=O)Nc2ccc3c(c2)C(=O)Nc2cccnc2S3)cc2c1OCCCO2. The molecule has 0 atom stereocenters. The van der Waals surface area contributed by atoms with Crippen LogP contribution in [-0.2, 0) is 0 Å². The molecule has 3 heterocycles. The standard InChI is InChI=1S/C23H19N3O5S/c1-29-17-10-13(11-18-20(17)31-9-3-8-30-18)21(27)25-14-5-6-19-15(12-14)22(28)26-16-4-2-7-24-23(16)32-19/h2,4-7,10-12H,3,8-9H2,1H3,(H,25,27)(H,26,28). The number of amides is 2. The van der Waals surface area contributed by atoms with Crippen LogP contribution in [0.5, 0.6) is 17.2 Å². The van der Waals surface area contributed by atoms with Crippen LogP contribution in [-0.4, -0.2) is 37.1 Å². The molecule has 0 unspecified atom stereocenters. The molecule has 2 aromatic carbocycles. The Morgan fingerprint density at radius 1 is 1.19 bits per heavy atom. The van der Waals surface area contributed by atoms with E-state index in [9.17, 15) is 9.59 Å². The van der Waals surface area contributed by atoms with Gasteiger partial charge in [-0.05, 0) is 42.5 Å². The number of anilines is 2. The summed E-state index contributed by atoms with van der Waals surface area (Å²) >= 11 is 1.40. The Morgan fingerprint density at radius 3 is 2.94 bits per heavy atom. The van der Waals surface area contributed by atoms with E-state index in [1.807, 2.05) is 0 Å². The third-order valence-corrected chi connectivity index (χ3v) is 6.10. The number of aromatic nitrogens is 1. The molecule has 8 nitrogen and oxygen atoms in total. The highest BCUT2D eigenvalue weighted by Gasteiger charge is 2.23. The fraction of sp³-hybridized carbons (Fsp3) is 0.174. The molecule has 9 heteroatoms. The number of pyridine rings is 1. The first-order valence-electron chi connectivity index (χ1n) is 9.99. The molecule has 3 aromatic rings. The van der Waals surface area contributed by atoms with Crippen LogP contribution in [0.3, 0.4) is 0 Å². The predicted octanol–water partition coefficient (Wildman–Crippen LogP) is 4.22. The van der Waals surface area contributed by atoms with Gasteiger partial charge in [0.15, 0.2) is 11.5 Å². The van der Waals surface area contributed by atoms with Crippen molar-refractivity contribution in [3.63, 3.8) is 0 Å². The van der Waals surface area contributed by atoms with Gasteiger partial charge in [0.25, 0.3) is 11.8 Å². The summed E-state index contributed by atoms with van der Waals surface area (Å²) in [7, 11) is 1.52. The van der Waals surface area contributed by atoms with Crippen LogP contribution in [0.2, 0.25) is 0 Å². The summed E-state index contributed by atoms with van der Waals surface area (Å²) in [6.07, 6.45) is 2.43. The van der Waals surface area contributed by atoms with E-state index in [-0.39, 0.29) is 11.8 Å². The quantitative estimate of drug-likeness (QED) is 0.618. The predicted molar refractivity (Wildman–Crippen MR) is 119 cm³/mol. The fourth-order valence-electron chi connectivity index (χ4n) is 3.46. The minimum absolute atomic E-state index is 0.257. The highest BCUT2D eigenvalue weighted by atomic mass is 32.2. The zero-order valence-corrected chi connectivity index (χ0v) is 18.0. The Morgan fingerprint density at radius 2 is 2.06 bits per heavy atom. The van der Waals surface area contributed by atoms with Crippen molar-refractivity contribution >= 4 is 35.0 Å². The van der Waals surface area contributed by atoms with Gasteiger partial charge in [0, 0.05) is 28.8 Å². The van der Waals surface area contributed by atoms with Crippen LogP contribution in [0.1, 0.15) is 27.1 Å². The second-order valence-corrected chi connectivity index (χ2v) is 8.16. The second-order valence-electron chi connectivity index (χ2n) is 7.13. The molecule has 0 aliphatic carbocycles. The summed E-state index contributed by atoms with van der Waals surface area (Å²) in [5, 5.41) is 6.43. The Kier molecular flexibility index (Phi) is 5.32. The topological polar surface area (TPSA) is 98.8 Å². The first-order chi connectivity index (χ1) is 15.6. The van der Waals surface area contributed by atoms with Crippen molar-refractivity contribution in [1.29, 1.82) is 0 Å². The maximum Gasteiger partial charge on any atom is 0.256 e. The average molecular weight is 449 g/mol. The lowest BCUT2D eigenvalue weighted by molar-refractivity contribution is 0.101. The lowest BCUT2D eigenvalue weighted by atomic mass is 10.1. The van der Waals surface area contributed by atoms with Crippen molar-refractivity contribution in [2.45, 2.75) is 16.3 Å². The molecule has 5 rings (SSSR count). The molecule has 0 fully saturated rings. The maximum atomic E-state index is 13.0. The molecule has 0 saturated heterocycles. The lowest BCUT2D eigenvalue weighted by Crippen LogP contribution is -2.15. The Bertz CT molecular complexity index is 1230. The highest BCUT2D eigenvalue weighted by molar-refractivity contribution is 7.99. The summed E-state index contributed by atoms with van der Waals surface area (Å²) in [4.78, 5) is 30.8. The van der Waals surface area contributed by atoms with Gasteiger partial charge in [-0.2, -0.15) is 0 Å². The molecule has 0 bridgehead atoms. The van der Waals surface area contributed by atoms with Gasteiger partial charge in [-0.15, -0.1) is 0 Å². The van der Waals surface area contributed by atoms with E-state index in [4.69, 9.17) is 14.2 Å². The van der Waals surface area contributed by atoms with E-state index in [2.05, 4.69) is 15.6 Å². The molecule has 1 aromatic heterocycles. The number of fused-ring (bicyclic) bond motifs is 3. The van der Waals surface area contributed by atoms with Crippen molar-refractivity contribution in [2.24, 2.45) is 0 Å². The fourth-order valence-corrected chi connectivity index (χ4v) is 4.41. The smallest absolute Gasteiger partial charge is 0.256 e. The van der Waals surface area contributed by atoms with Crippen molar-refractivity contribution in [3.8, 4) is 17.2 Å². The van der Waals surface area contributed by atoms with Crippen molar-refractivity contribution in [3.05, 3.63) is 59.8 Å². The number of ether oxygens (including phenoxy) is 3. The molecular weight excluding hydrogens is 430 g/mol. The molecule has 0 saturated carbocycles. The Balaban J connectivity index is 1.42. The van der Waals surface area contributed by atoms with Gasteiger partial charge in [-0.25, -0.2) is 4.98 Å². The zero-order valence-electron chi connectivity index (χ0n) is 17.1. The van der Waals surface area contributed by atoms with Gasteiger partial charge >= 0.3 is 0 Å². The van der Waals surface area contributed by atoms with Crippen LogP contribution < -0.4 is 24.8 Å². The maximum absolute atomic E-state index is 13.0. The number of nitrogens with zero attached hydrogens (tertiary/aromatic N) is 1. The minimum atomic E-state index is -0.356. The molecule has 2 amide bonds. The van der Waals surface area contributed by atoms with Gasteiger partial charge in [0.05, 0.1) is 31.6 Å². The summed E-state index contributed by atoms with van der Waals surface area (Å²) < 4.78 is 16.8. The van der Waals surface area contributed by atoms with Gasteiger partial charge in [-0.3, -0.25) is 9.59 Å². The van der Waals surface area contributed by atoms with Crippen molar-refractivity contribution < 1.29 is 23.8 Å². The lowest BCUT2D eigenvalue weighted by Gasteiger charge is -2.14. The molecule has 2 aliphatic heterocycles. The molecule has 162 valence electrons. The van der Waals surface area contributed by atoms with Gasteiger partial charge in [0.1, 0.15) is 5.03 Å². The first-order valence-corrected chi connectivity index (χ1v) is 10.8. The molecule has 2 N–H and O–H groups in total. The molecule has 0 radical (unpaired) electrons. The second kappa shape index (κ2) is 8.43. The molecule has 0 spiro atoms. The van der Waals surface area contributed by atoms with Gasteiger partial charge in [-0.1, -0.05) is 11.8 Å². The minimum Gasteiger partial charge on any atom is -0.493 e. The van der Waals surface area contributed by atoms with E-state index in [1.165, 1.54) is 18.9 Å². The van der Waals surface area contributed by atoms with Crippen molar-refractivity contribution in [1.82, 2.24) is 4.98 Å². The number of carbonyl (C=O) groups is 2. The normalized spacial score (nSPS) is 14.2. The van der Waals surface area contributed by atoms with Crippen LogP contribution in [0.25, 0.3) is 0 Å². The number of methoxy groups -OCH3 is 1. The summed E-state index contributed by atoms with van der Waals surface area (Å²) in [5.41, 5.74) is 1.97. The van der Waals surface area contributed by atoms with E-state index in [1.54, 1.807) is 48.7 Å². The zero-order chi connectivity index (χ0) is 22.1. The number of nitrogens with one attached hydrogen (secondary N) is 2. The van der Waals surface area contributed by atoms with Crippen LogP contribution in [0.15, 0.2) is 58.6 Å². The summed E-state index contributed by atoms with van der Waals surface area (Å²) in [6, 6.07) is 12.0. The third-order valence-electron chi connectivity index (χ3n) is 5.00. The molecule has 32 heavy (non-hydrogen) atoms. The number of hydrogen-bond acceptors (Lipinski definition) is 7. The number of carbonyl (C=O) groups excluding carboxylic acids is 2. The molecule has 2 aliphatic rings. The first kappa shape index (κ1) is 20.2. The monoisotopic (exact) mass is 449 g/mol. The largest absolute Gasteiger partial charge is 0.493 e. The third kappa shape index (κ3) is 3.82. The van der Waals surface area contributed by atoms with Gasteiger partial charge in [0.2, 0.25) is 5.75 Å². The highest BCUT2D eigenvalue weighted by Crippen LogP contribution is 2.41. The molecular formula is C23H19N3O5S. The summed E-state index contributed by atoms with van der Waals surface area (Å²) in [6.45, 7) is 1.01. The van der Waals surface area contributed by atoms with Crippen LogP contribution in [0.4, 0.5) is 11.4 Å². The average Bonchev–Trinajstić information content (AvgIpc) is 3.13. The van der Waals surface area contributed by atoms with E-state index < -0.39 is 0 Å². The number of hydrogen-bond donors (Lipinski definition) is 2. The number of rotatable bonds is 3. The summed E-state index contributed by atoms with van der Waals surface area (Å²) in [5.74, 6) is 0.777. The van der Waals surface area contributed by atoms with E-state index in [0.717, 1.165) is 16.3 Å². The van der Waals surface area contributed by atoms with Gasteiger partial charge < -0.3 is 24.8 Å². The Labute approximate surface area is 188 Å². The van der Waals surface area contributed by atoms with Crippen LogP contribution >= 0.6 is 11.8 Å². The van der Waals surface area contributed by atoms with Crippen LogP contribution in [0, 0.1) is 0 Å².